The second-order valence-corrected chi connectivity index (χ2v) is 4.00. The molecular formula is C12H8ClFN2O3. The van der Waals surface area contributed by atoms with Crippen LogP contribution in [0.25, 0.3) is 0 Å². The van der Waals surface area contributed by atoms with Crippen LogP contribution in [0.3, 0.4) is 0 Å². The summed E-state index contributed by atoms with van der Waals surface area (Å²) in [6, 6.07) is 4.70. The number of nitrogen functional groups attached to an aromatic ring is 1. The number of nitrogens with zero attached hydrogens (tertiary/aromatic N) is 1. The molecule has 3 N–H and O–H groups in total. The molecule has 0 bridgehead atoms. The number of hydrogen-bond acceptors (Lipinski definition) is 4. The topological polar surface area (TPSA) is 85.4 Å². The molecule has 0 amide bonds. The molecule has 0 aliphatic carbocycles. The van der Waals surface area contributed by atoms with E-state index in [9.17, 15) is 9.18 Å². The Morgan fingerprint density at radius 1 is 1.42 bits per heavy atom. The molecular weight excluding hydrogens is 275 g/mol. The standard InChI is InChI=1S/C12H8ClFN2O3/c13-8-2-1-6(14)3-10(8)19-11-4-7(12(17)18)9(15)5-16-11/h1-5H,15H2,(H,17,18). The smallest absolute Gasteiger partial charge is 0.338 e. The van der Waals surface area contributed by atoms with Crippen LogP contribution in [-0.4, -0.2) is 16.1 Å². The van der Waals surface area contributed by atoms with E-state index in [1.165, 1.54) is 12.1 Å². The minimum Gasteiger partial charge on any atom is -0.478 e. The first kappa shape index (κ1) is 13.1. The summed E-state index contributed by atoms with van der Waals surface area (Å²) in [7, 11) is 0. The van der Waals surface area contributed by atoms with Crippen LogP contribution < -0.4 is 10.5 Å². The van der Waals surface area contributed by atoms with Crippen molar-refractivity contribution in [2.45, 2.75) is 0 Å². The van der Waals surface area contributed by atoms with Crippen LogP contribution in [0.5, 0.6) is 11.6 Å². The van der Waals surface area contributed by atoms with Crippen molar-refractivity contribution < 1.29 is 19.0 Å². The van der Waals surface area contributed by atoms with Crippen LogP contribution in [0.15, 0.2) is 30.5 Å². The summed E-state index contributed by atoms with van der Waals surface area (Å²) in [6.45, 7) is 0. The number of carboxylic acids is 1. The average molecular weight is 283 g/mol. The van der Waals surface area contributed by atoms with Gasteiger partial charge in [-0.05, 0) is 12.1 Å². The lowest BCUT2D eigenvalue weighted by Crippen LogP contribution is -2.03. The number of anilines is 1. The van der Waals surface area contributed by atoms with E-state index < -0.39 is 11.8 Å². The zero-order valence-electron chi connectivity index (χ0n) is 9.43. The number of aromatic nitrogens is 1. The van der Waals surface area contributed by atoms with Gasteiger partial charge < -0.3 is 15.6 Å². The van der Waals surface area contributed by atoms with E-state index in [0.717, 1.165) is 18.3 Å². The number of pyridine rings is 1. The number of rotatable bonds is 3. The van der Waals surface area contributed by atoms with Crippen LogP contribution in [0.4, 0.5) is 10.1 Å². The van der Waals surface area contributed by atoms with Crippen LogP contribution >= 0.6 is 11.6 Å². The van der Waals surface area contributed by atoms with Gasteiger partial charge in [0.25, 0.3) is 0 Å². The molecule has 1 aromatic carbocycles. The second kappa shape index (κ2) is 5.11. The zero-order valence-corrected chi connectivity index (χ0v) is 10.2. The second-order valence-electron chi connectivity index (χ2n) is 3.59. The van der Waals surface area contributed by atoms with Crippen molar-refractivity contribution in [3.05, 3.63) is 46.9 Å². The molecule has 0 fully saturated rings. The summed E-state index contributed by atoms with van der Waals surface area (Å²) in [5.74, 6) is -1.75. The third kappa shape index (κ3) is 2.92. The maximum absolute atomic E-state index is 13.0. The number of benzene rings is 1. The Morgan fingerprint density at radius 2 is 2.16 bits per heavy atom. The summed E-state index contributed by atoms with van der Waals surface area (Å²) < 4.78 is 18.3. The molecule has 2 aromatic rings. The molecule has 2 rings (SSSR count). The summed E-state index contributed by atoms with van der Waals surface area (Å²) >= 11 is 5.82. The first-order valence-corrected chi connectivity index (χ1v) is 5.47. The van der Waals surface area contributed by atoms with E-state index in [2.05, 4.69) is 4.98 Å². The van der Waals surface area contributed by atoms with E-state index in [-0.39, 0.29) is 27.9 Å². The van der Waals surface area contributed by atoms with Gasteiger partial charge >= 0.3 is 5.97 Å². The van der Waals surface area contributed by atoms with Crippen molar-refractivity contribution in [3.63, 3.8) is 0 Å². The quantitative estimate of drug-likeness (QED) is 0.904. The predicted molar refractivity (Wildman–Crippen MR) is 67.1 cm³/mol. The SMILES string of the molecule is Nc1cnc(Oc2cc(F)ccc2Cl)cc1C(=O)O. The van der Waals surface area contributed by atoms with Crippen LogP contribution in [0.2, 0.25) is 5.02 Å². The molecule has 1 aromatic heterocycles. The van der Waals surface area contributed by atoms with Gasteiger partial charge in [0, 0.05) is 12.1 Å². The molecule has 0 atom stereocenters. The molecule has 0 unspecified atom stereocenters. The summed E-state index contributed by atoms with van der Waals surface area (Å²) in [5.41, 5.74) is 5.30. The molecule has 0 aliphatic rings. The van der Waals surface area contributed by atoms with Gasteiger partial charge in [-0.15, -0.1) is 0 Å². The van der Waals surface area contributed by atoms with Gasteiger partial charge in [0.15, 0.2) is 5.75 Å². The van der Waals surface area contributed by atoms with Crippen molar-refractivity contribution in [3.8, 4) is 11.6 Å². The summed E-state index contributed by atoms with van der Waals surface area (Å²) in [5, 5.41) is 9.08. The van der Waals surface area contributed by atoms with Gasteiger partial charge in [-0.2, -0.15) is 0 Å². The van der Waals surface area contributed by atoms with Gasteiger partial charge in [0.1, 0.15) is 5.82 Å². The van der Waals surface area contributed by atoms with Crippen molar-refractivity contribution in [2.24, 2.45) is 0 Å². The normalized spacial score (nSPS) is 10.2. The van der Waals surface area contributed by atoms with E-state index in [4.69, 9.17) is 27.2 Å². The molecule has 19 heavy (non-hydrogen) atoms. The van der Waals surface area contributed by atoms with Crippen molar-refractivity contribution in [1.29, 1.82) is 0 Å². The van der Waals surface area contributed by atoms with Crippen molar-refractivity contribution in [2.75, 3.05) is 5.73 Å². The average Bonchev–Trinajstić information content (AvgIpc) is 2.36. The van der Waals surface area contributed by atoms with Crippen LogP contribution in [0.1, 0.15) is 10.4 Å². The Labute approximate surface area is 112 Å². The number of nitrogens with two attached hydrogens (primary N) is 1. The third-order valence-electron chi connectivity index (χ3n) is 2.25. The first-order chi connectivity index (χ1) is 8.97. The fourth-order valence-corrected chi connectivity index (χ4v) is 1.51. The number of ether oxygens (including phenoxy) is 1. The first-order valence-electron chi connectivity index (χ1n) is 5.09. The highest BCUT2D eigenvalue weighted by Gasteiger charge is 2.12. The highest BCUT2D eigenvalue weighted by Crippen LogP contribution is 2.30. The highest BCUT2D eigenvalue weighted by atomic mass is 35.5. The molecule has 0 radical (unpaired) electrons. The number of aromatic carboxylic acids is 1. The fourth-order valence-electron chi connectivity index (χ4n) is 1.36. The van der Waals surface area contributed by atoms with Crippen LogP contribution in [-0.2, 0) is 0 Å². The number of carbonyl (C=O) groups is 1. The van der Waals surface area contributed by atoms with Gasteiger partial charge in [-0.1, -0.05) is 11.6 Å². The van der Waals surface area contributed by atoms with E-state index in [1.54, 1.807) is 0 Å². The van der Waals surface area contributed by atoms with Crippen molar-refractivity contribution >= 4 is 23.3 Å². The van der Waals surface area contributed by atoms with Gasteiger partial charge in [-0.3, -0.25) is 0 Å². The molecule has 1 heterocycles. The maximum atomic E-state index is 13.0. The Bertz CT molecular complexity index is 649. The highest BCUT2D eigenvalue weighted by molar-refractivity contribution is 6.32. The molecule has 0 spiro atoms. The number of halogens is 2. The molecule has 7 heteroatoms. The maximum Gasteiger partial charge on any atom is 0.338 e. The Kier molecular flexibility index (Phi) is 3.52. The number of hydrogen-bond donors (Lipinski definition) is 2. The zero-order chi connectivity index (χ0) is 14.0. The lowest BCUT2D eigenvalue weighted by atomic mass is 10.2. The van der Waals surface area contributed by atoms with E-state index >= 15 is 0 Å². The lowest BCUT2D eigenvalue weighted by molar-refractivity contribution is 0.0697. The summed E-state index contributed by atoms with van der Waals surface area (Å²) in [4.78, 5) is 14.7. The van der Waals surface area contributed by atoms with E-state index in [1.807, 2.05) is 0 Å². The molecule has 0 saturated carbocycles. The molecule has 98 valence electrons. The van der Waals surface area contributed by atoms with Crippen molar-refractivity contribution in [1.82, 2.24) is 4.98 Å². The monoisotopic (exact) mass is 282 g/mol. The molecule has 0 aliphatic heterocycles. The van der Waals surface area contributed by atoms with Gasteiger partial charge in [0.05, 0.1) is 22.5 Å². The fraction of sp³-hybridized carbons (Fsp3) is 0. The summed E-state index contributed by atoms with van der Waals surface area (Å²) in [6.07, 6.45) is 1.14. The third-order valence-corrected chi connectivity index (χ3v) is 2.56. The Balaban J connectivity index is 2.36. The van der Waals surface area contributed by atoms with Gasteiger partial charge in [-0.25, -0.2) is 14.2 Å². The van der Waals surface area contributed by atoms with Crippen LogP contribution in [0, 0.1) is 5.82 Å². The largest absolute Gasteiger partial charge is 0.478 e. The number of carboxylic acid groups (broad SMARTS) is 1. The minimum absolute atomic E-state index is 0.00480. The predicted octanol–water partition coefficient (Wildman–Crippen LogP) is 2.95. The van der Waals surface area contributed by atoms with E-state index in [0.29, 0.717) is 0 Å². The minimum atomic E-state index is -1.21. The molecule has 0 saturated heterocycles. The van der Waals surface area contributed by atoms with Gasteiger partial charge in [0.2, 0.25) is 5.88 Å². The Morgan fingerprint density at radius 3 is 2.84 bits per heavy atom. The lowest BCUT2D eigenvalue weighted by Gasteiger charge is -2.08. The molecule has 5 nitrogen and oxygen atoms in total. The Hall–Kier alpha value is -2.34.